The van der Waals surface area contributed by atoms with E-state index in [0.717, 1.165) is 5.56 Å². The minimum atomic E-state index is -1.31. The first-order valence-electron chi connectivity index (χ1n) is 12.0. The normalized spacial score (nSPS) is 18.2. The standard InChI is InChI=1S/C26H35N3O6/c1-25(2,3)35-24(32)29-17-13-26(33,14-18-29)12-9-22(30)28-15-10-21(11-16-28)27-23(31)34-19-20-7-5-4-6-8-20/h4-8,21,33H,10-11,13-19H2,1-3H3,(H,27,31). The first-order chi connectivity index (χ1) is 16.5. The molecule has 9 heteroatoms. The summed E-state index contributed by atoms with van der Waals surface area (Å²) >= 11 is 0. The van der Waals surface area contributed by atoms with Crippen LogP contribution in [0.15, 0.2) is 30.3 Å². The molecule has 3 rings (SSSR count). The first-order valence-corrected chi connectivity index (χ1v) is 12.0. The second kappa shape index (κ2) is 11.5. The van der Waals surface area contributed by atoms with Gasteiger partial charge >= 0.3 is 12.2 Å². The highest BCUT2D eigenvalue weighted by Crippen LogP contribution is 2.23. The number of aliphatic hydroxyl groups is 1. The predicted octanol–water partition coefficient (Wildman–Crippen LogP) is 2.67. The van der Waals surface area contributed by atoms with Crippen molar-refractivity contribution in [3.63, 3.8) is 0 Å². The molecule has 0 aromatic heterocycles. The summed E-state index contributed by atoms with van der Waals surface area (Å²) in [4.78, 5) is 40.0. The highest BCUT2D eigenvalue weighted by atomic mass is 16.6. The van der Waals surface area contributed by atoms with E-state index in [9.17, 15) is 19.5 Å². The number of hydrogen-bond donors (Lipinski definition) is 2. The summed E-state index contributed by atoms with van der Waals surface area (Å²) < 4.78 is 10.6. The van der Waals surface area contributed by atoms with E-state index >= 15 is 0 Å². The number of likely N-dealkylation sites (tertiary alicyclic amines) is 2. The fourth-order valence-electron chi connectivity index (χ4n) is 3.92. The number of nitrogens with zero attached hydrogens (tertiary/aromatic N) is 2. The molecular formula is C26H35N3O6. The fourth-order valence-corrected chi connectivity index (χ4v) is 3.92. The molecule has 0 aliphatic carbocycles. The average molecular weight is 486 g/mol. The quantitative estimate of drug-likeness (QED) is 0.638. The Kier molecular flexibility index (Phi) is 8.62. The lowest BCUT2D eigenvalue weighted by atomic mass is 9.92. The van der Waals surface area contributed by atoms with Crippen molar-refractivity contribution >= 4 is 18.1 Å². The van der Waals surface area contributed by atoms with Crippen LogP contribution in [-0.2, 0) is 20.9 Å². The average Bonchev–Trinajstić information content (AvgIpc) is 2.82. The SMILES string of the molecule is CC(C)(C)OC(=O)N1CCC(O)(C#CC(=O)N2CCC(NC(=O)OCc3ccccc3)CC2)CC1. The minimum absolute atomic E-state index is 0.0725. The number of nitrogens with one attached hydrogen (secondary N) is 1. The molecule has 2 fully saturated rings. The van der Waals surface area contributed by atoms with Gasteiger partial charge in [-0.25, -0.2) is 9.59 Å². The van der Waals surface area contributed by atoms with Gasteiger partial charge in [-0.3, -0.25) is 4.79 Å². The molecule has 3 amide bonds. The third-order valence-corrected chi connectivity index (χ3v) is 5.96. The van der Waals surface area contributed by atoms with Crippen LogP contribution in [0.3, 0.4) is 0 Å². The van der Waals surface area contributed by atoms with Crippen LogP contribution >= 0.6 is 0 Å². The van der Waals surface area contributed by atoms with Crippen LogP contribution < -0.4 is 5.32 Å². The number of alkyl carbamates (subject to hydrolysis) is 1. The molecule has 1 aromatic rings. The first kappa shape index (κ1) is 26.4. The summed E-state index contributed by atoms with van der Waals surface area (Å²) in [5.74, 6) is 4.95. The van der Waals surface area contributed by atoms with Crippen molar-refractivity contribution in [2.75, 3.05) is 26.2 Å². The molecule has 2 aliphatic heterocycles. The fraction of sp³-hybridized carbons (Fsp3) is 0.577. The topological polar surface area (TPSA) is 108 Å². The number of rotatable bonds is 3. The van der Waals surface area contributed by atoms with Crippen molar-refractivity contribution in [2.45, 2.75) is 70.3 Å². The monoisotopic (exact) mass is 485 g/mol. The van der Waals surface area contributed by atoms with Gasteiger partial charge in [-0.15, -0.1) is 0 Å². The molecule has 1 aromatic carbocycles. The Morgan fingerprint density at radius 2 is 1.69 bits per heavy atom. The van der Waals surface area contributed by atoms with Gasteiger partial charge in [0.2, 0.25) is 0 Å². The maximum atomic E-state index is 12.5. The van der Waals surface area contributed by atoms with Crippen molar-refractivity contribution in [3.8, 4) is 11.8 Å². The third-order valence-electron chi connectivity index (χ3n) is 5.96. The van der Waals surface area contributed by atoms with Crippen molar-refractivity contribution in [2.24, 2.45) is 0 Å². The summed E-state index contributed by atoms with van der Waals surface area (Å²) in [5, 5.41) is 13.6. The molecule has 0 spiro atoms. The van der Waals surface area contributed by atoms with Gasteiger partial charge in [0, 0.05) is 45.1 Å². The number of carbonyl (C=O) groups is 3. The van der Waals surface area contributed by atoms with Crippen molar-refractivity contribution < 1.29 is 29.0 Å². The Hall–Kier alpha value is -3.25. The lowest BCUT2D eigenvalue weighted by Crippen LogP contribution is -2.48. The van der Waals surface area contributed by atoms with Crippen LogP contribution in [0.5, 0.6) is 0 Å². The number of hydrogen-bond acceptors (Lipinski definition) is 6. The van der Waals surface area contributed by atoms with E-state index in [1.54, 1.807) is 30.6 Å². The number of carbonyl (C=O) groups excluding carboxylic acids is 3. The van der Waals surface area contributed by atoms with E-state index in [4.69, 9.17) is 9.47 Å². The zero-order valence-corrected chi connectivity index (χ0v) is 20.7. The minimum Gasteiger partial charge on any atom is -0.445 e. The van der Waals surface area contributed by atoms with Crippen molar-refractivity contribution in [1.29, 1.82) is 0 Å². The highest BCUT2D eigenvalue weighted by molar-refractivity contribution is 5.93. The second-order valence-electron chi connectivity index (χ2n) is 10.0. The Bertz CT molecular complexity index is 947. The molecule has 35 heavy (non-hydrogen) atoms. The van der Waals surface area contributed by atoms with Gasteiger partial charge in [0.05, 0.1) is 0 Å². The highest BCUT2D eigenvalue weighted by Gasteiger charge is 2.34. The molecular weight excluding hydrogens is 450 g/mol. The largest absolute Gasteiger partial charge is 0.445 e. The van der Waals surface area contributed by atoms with E-state index in [0.29, 0.717) is 39.0 Å². The summed E-state index contributed by atoms with van der Waals surface area (Å²) in [5.41, 5.74) is -0.974. The molecule has 0 unspecified atom stereocenters. The third kappa shape index (κ3) is 8.48. The number of benzene rings is 1. The van der Waals surface area contributed by atoms with Crippen LogP contribution in [0.4, 0.5) is 9.59 Å². The van der Waals surface area contributed by atoms with Gasteiger partial charge in [-0.1, -0.05) is 36.3 Å². The van der Waals surface area contributed by atoms with Gasteiger partial charge in [-0.2, -0.15) is 0 Å². The predicted molar refractivity (Wildman–Crippen MR) is 129 cm³/mol. The molecule has 0 atom stereocenters. The summed E-state index contributed by atoms with van der Waals surface area (Å²) in [6.45, 7) is 7.16. The van der Waals surface area contributed by atoms with E-state index in [2.05, 4.69) is 17.2 Å². The molecule has 190 valence electrons. The van der Waals surface area contributed by atoms with E-state index in [1.165, 1.54) is 0 Å². The van der Waals surface area contributed by atoms with Crippen molar-refractivity contribution in [3.05, 3.63) is 35.9 Å². The van der Waals surface area contributed by atoms with Gasteiger partial charge in [0.1, 0.15) is 17.8 Å². The summed E-state index contributed by atoms with van der Waals surface area (Å²) in [6, 6.07) is 9.38. The smallest absolute Gasteiger partial charge is 0.410 e. The lowest BCUT2D eigenvalue weighted by Gasteiger charge is -2.36. The summed E-state index contributed by atoms with van der Waals surface area (Å²) in [7, 11) is 0. The maximum absolute atomic E-state index is 12.5. The van der Waals surface area contributed by atoms with Crippen LogP contribution in [0, 0.1) is 11.8 Å². The van der Waals surface area contributed by atoms with Gasteiger partial charge in [0.15, 0.2) is 0 Å². The van der Waals surface area contributed by atoms with E-state index in [1.807, 2.05) is 30.3 Å². The molecule has 0 bridgehead atoms. The number of amides is 3. The maximum Gasteiger partial charge on any atom is 0.410 e. The molecule has 9 nitrogen and oxygen atoms in total. The second-order valence-corrected chi connectivity index (χ2v) is 10.0. The number of ether oxygens (including phenoxy) is 2. The molecule has 2 saturated heterocycles. The molecule has 0 radical (unpaired) electrons. The van der Waals surface area contributed by atoms with Gasteiger partial charge in [-0.05, 0) is 45.1 Å². The van der Waals surface area contributed by atoms with E-state index < -0.39 is 23.4 Å². The Morgan fingerprint density at radius 3 is 2.29 bits per heavy atom. The Labute approximate surface area is 206 Å². The van der Waals surface area contributed by atoms with E-state index in [-0.39, 0.29) is 31.4 Å². The molecule has 0 saturated carbocycles. The van der Waals surface area contributed by atoms with Gasteiger partial charge < -0.3 is 29.7 Å². The Balaban J connectivity index is 1.39. The van der Waals surface area contributed by atoms with Crippen LogP contribution in [-0.4, -0.2) is 76.4 Å². The zero-order chi connectivity index (χ0) is 25.5. The lowest BCUT2D eigenvalue weighted by molar-refractivity contribution is -0.126. The number of piperidine rings is 2. The van der Waals surface area contributed by atoms with Crippen molar-refractivity contribution in [1.82, 2.24) is 15.1 Å². The zero-order valence-electron chi connectivity index (χ0n) is 20.7. The van der Waals surface area contributed by atoms with Crippen LogP contribution in [0.1, 0.15) is 52.0 Å². The van der Waals surface area contributed by atoms with Crippen LogP contribution in [0.25, 0.3) is 0 Å². The molecule has 2 heterocycles. The molecule has 2 aliphatic rings. The summed E-state index contributed by atoms with van der Waals surface area (Å²) in [6.07, 6.45) is 0.821. The molecule has 2 N–H and O–H groups in total. The Morgan fingerprint density at radius 1 is 1.06 bits per heavy atom. The van der Waals surface area contributed by atoms with Crippen LogP contribution in [0.2, 0.25) is 0 Å². The van der Waals surface area contributed by atoms with Gasteiger partial charge in [0.25, 0.3) is 5.91 Å².